The molecule has 0 spiro atoms. The van der Waals surface area contributed by atoms with Crippen LogP contribution in [0.25, 0.3) is 31.8 Å². The van der Waals surface area contributed by atoms with Crippen LogP contribution in [-0.2, 0) is 0 Å². The fourth-order valence-corrected chi connectivity index (χ4v) is 5.74. The number of aryl methyl sites for hydroxylation is 1. The van der Waals surface area contributed by atoms with E-state index in [1.165, 1.54) is 24.5 Å². The minimum atomic E-state index is -1.23. The first-order valence-corrected chi connectivity index (χ1v) is 12.9. The summed E-state index contributed by atoms with van der Waals surface area (Å²) in [5.41, 5.74) is 3.90. The van der Waals surface area contributed by atoms with Crippen molar-refractivity contribution < 1.29 is 28.5 Å². The number of pyridine rings is 1. The van der Waals surface area contributed by atoms with Gasteiger partial charge in [-0.2, -0.15) is 4.39 Å². The van der Waals surface area contributed by atoms with Gasteiger partial charge in [-0.05, 0) is 36.8 Å². The van der Waals surface area contributed by atoms with Crippen molar-refractivity contribution in [2.75, 3.05) is 25.2 Å². The van der Waals surface area contributed by atoms with Crippen molar-refractivity contribution in [3.8, 4) is 28.0 Å². The molecule has 0 saturated carbocycles. The first kappa shape index (κ1) is 25.0. The molecule has 3 aromatic heterocycles. The fraction of sp³-hybridized carbons (Fsp3) is 0.192. The Balaban J connectivity index is 1.35. The normalized spacial score (nSPS) is 14.5. The van der Waals surface area contributed by atoms with Crippen molar-refractivity contribution in [1.82, 2.24) is 19.9 Å². The molecular formula is C26H19ClFN5O5S. The maximum atomic E-state index is 13.2. The van der Waals surface area contributed by atoms with Crippen molar-refractivity contribution in [2.45, 2.75) is 13.0 Å². The van der Waals surface area contributed by atoms with Gasteiger partial charge in [-0.15, -0.1) is 11.3 Å². The number of hydrogen-bond acceptors (Lipinski definition) is 9. The second-order valence-electron chi connectivity index (χ2n) is 8.76. The molecule has 0 unspecified atom stereocenters. The highest BCUT2D eigenvalue weighted by atomic mass is 35.5. The second-order valence-corrected chi connectivity index (χ2v) is 10.2. The van der Waals surface area contributed by atoms with E-state index in [0.717, 1.165) is 28.3 Å². The predicted molar refractivity (Wildman–Crippen MR) is 144 cm³/mol. The lowest BCUT2D eigenvalue weighted by Gasteiger charge is -2.30. The van der Waals surface area contributed by atoms with Crippen LogP contribution in [0.4, 0.5) is 14.9 Å². The first-order chi connectivity index (χ1) is 18.8. The number of ether oxygens (including phenoxy) is 3. The molecule has 6 rings (SSSR count). The number of hydrogen-bond donors (Lipinski definition) is 1. The van der Waals surface area contributed by atoms with Gasteiger partial charge in [0.2, 0.25) is 11.8 Å². The number of amides is 1. The van der Waals surface area contributed by atoms with Crippen molar-refractivity contribution in [2.24, 2.45) is 0 Å². The van der Waals surface area contributed by atoms with Gasteiger partial charge in [0.05, 0.1) is 47.8 Å². The summed E-state index contributed by atoms with van der Waals surface area (Å²) in [5, 5.41) is 10.7. The largest absolute Gasteiger partial charge is 0.484 e. The monoisotopic (exact) mass is 567 g/mol. The van der Waals surface area contributed by atoms with Gasteiger partial charge in [0.25, 0.3) is 0 Å². The van der Waals surface area contributed by atoms with Crippen LogP contribution in [0.1, 0.15) is 5.56 Å². The quantitative estimate of drug-likeness (QED) is 0.265. The number of rotatable bonds is 5. The molecule has 1 atom stereocenters. The Labute approximate surface area is 229 Å². The average Bonchev–Trinajstić information content (AvgIpc) is 3.37. The van der Waals surface area contributed by atoms with Crippen LogP contribution >= 0.6 is 22.9 Å². The van der Waals surface area contributed by atoms with Gasteiger partial charge in [0, 0.05) is 11.6 Å². The van der Waals surface area contributed by atoms with Gasteiger partial charge >= 0.3 is 6.09 Å². The van der Waals surface area contributed by atoms with Gasteiger partial charge < -0.3 is 19.3 Å². The van der Waals surface area contributed by atoms with Crippen LogP contribution in [0.2, 0.25) is 5.02 Å². The van der Waals surface area contributed by atoms with E-state index in [0.29, 0.717) is 48.7 Å². The molecule has 2 aromatic carbocycles. The SMILES string of the molecule is COc1cnc2c(-c3nc4c(Cl)cc5c(c4s3)OC[C@@H](CN(C(=O)O)c3ccc(F)nc3)O5)cc(C)cc2n1. The summed E-state index contributed by atoms with van der Waals surface area (Å²) >= 11 is 8.00. The average molecular weight is 568 g/mol. The van der Waals surface area contributed by atoms with Gasteiger partial charge in [-0.1, -0.05) is 11.6 Å². The van der Waals surface area contributed by atoms with E-state index in [9.17, 15) is 14.3 Å². The van der Waals surface area contributed by atoms with Crippen LogP contribution in [-0.4, -0.2) is 57.5 Å². The molecule has 0 bridgehead atoms. The molecule has 1 aliphatic rings. The van der Waals surface area contributed by atoms with Crippen molar-refractivity contribution >= 4 is 56.0 Å². The lowest BCUT2D eigenvalue weighted by molar-refractivity contribution is 0.0962. The van der Waals surface area contributed by atoms with E-state index in [2.05, 4.69) is 15.0 Å². The topological polar surface area (TPSA) is 120 Å². The van der Waals surface area contributed by atoms with E-state index < -0.39 is 18.1 Å². The van der Waals surface area contributed by atoms with Gasteiger partial charge in [-0.3, -0.25) is 4.90 Å². The minimum absolute atomic E-state index is 0.0664. The van der Waals surface area contributed by atoms with Crippen LogP contribution in [0.15, 0.2) is 42.7 Å². The molecule has 0 aliphatic carbocycles. The van der Waals surface area contributed by atoms with Gasteiger partial charge in [0.1, 0.15) is 21.8 Å². The number of anilines is 1. The van der Waals surface area contributed by atoms with E-state index in [-0.39, 0.29) is 18.8 Å². The molecule has 1 amide bonds. The number of methoxy groups -OCH3 is 1. The number of carbonyl (C=O) groups is 1. The Morgan fingerprint density at radius 1 is 1.23 bits per heavy atom. The second kappa shape index (κ2) is 9.79. The van der Waals surface area contributed by atoms with Gasteiger partial charge in [-0.25, -0.2) is 24.7 Å². The summed E-state index contributed by atoms with van der Waals surface area (Å²) in [5.74, 6) is 0.561. The number of carboxylic acid groups (broad SMARTS) is 1. The molecule has 39 heavy (non-hydrogen) atoms. The highest BCUT2D eigenvalue weighted by molar-refractivity contribution is 7.22. The van der Waals surface area contributed by atoms with Crippen LogP contribution in [0, 0.1) is 12.9 Å². The Bertz CT molecular complexity index is 1750. The summed E-state index contributed by atoms with van der Waals surface area (Å²) < 4.78 is 31.3. The van der Waals surface area contributed by atoms with E-state index in [1.54, 1.807) is 12.3 Å². The molecule has 4 heterocycles. The van der Waals surface area contributed by atoms with Crippen molar-refractivity contribution in [3.63, 3.8) is 0 Å². The van der Waals surface area contributed by atoms with Crippen LogP contribution in [0.5, 0.6) is 17.4 Å². The van der Waals surface area contributed by atoms with Crippen LogP contribution < -0.4 is 19.1 Å². The Morgan fingerprint density at radius 3 is 2.82 bits per heavy atom. The third kappa shape index (κ3) is 4.61. The van der Waals surface area contributed by atoms with Crippen LogP contribution in [0.3, 0.4) is 0 Å². The zero-order chi connectivity index (χ0) is 27.3. The molecule has 0 fully saturated rings. The van der Waals surface area contributed by atoms with Crippen molar-refractivity contribution in [3.05, 3.63) is 59.3 Å². The summed E-state index contributed by atoms with van der Waals surface area (Å²) in [6.07, 6.45) is 0.827. The molecule has 13 heteroatoms. The zero-order valence-corrected chi connectivity index (χ0v) is 22.1. The summed E-state index contributed by atoms with van der Waals surface area (Å²) in [6, 6.07) is 7.95. The minimum Gasteiger partial charge on any atom is -0.484 e. The molecule has 198 valence electrons. The lowest BCUT2D eigenvalue weighted by atomic mass is 10.1. The molecule has 0 saturated heterocycles. The maximum Gasteiger partial charge on any atom is 0.411 e. The maximum absolute atomic E-state index is 13.2. The third-order valence-electron chi connectivity index (χ3n) is 6.10. The zero-order valence-electron chi connectivity index (χ0n) is 20.5. The number of nitrogens with zero attached hydrogens (tertiary/aromatic N) is 5. The first-order valence-electron chi connectivity index (χ1n) is 11.7. The molecule has 10 nitrogen and oxygen atoms in total. The standard InChI is InChI=1S/C26H19ClFN5O5S/c1-12-5-15(21-17(6-12)31-20(36-2)9-30-21)25-32-22-16(27)7-18-23(24(22)39-25)37-11-14(38-18)10-33(26(34)35)13-3-4-19(28)29-8-13/h3-9,14H,10-11H2,1-2H3,(H,34,35)/t14-/m1/s1. The predicted octanol–water partition coefficient (Wildman–Crippen LogP) is 5.74. The van der Waals surface area contributed by atoms with E-state index >= 15 is 0 Å². The number of benzene rings is 2. The Kier molecular flexibility index (Phi) is 6.28. The molecule has 5 aromatic rings. The number of fused-ring (bicyclic) bond motifs is 4. The number of thiazole rings is 1. The molecule has 1 aliphatic heterocycles. The van der Waals surface area contributed by atoms with Crippen molar-refractivity contribution in [1.29, 1.82) is 0 Å². The number of aromatic nitrogens is 4. The smallest absolute Gasteiger partial charge is 0.411 e. The third-order valence-corrected chi connectivity index (χ3v) is 7.47. The van der Waals surface area contributed by atoms with Gasteiger partial charge in [0.15, 0.2) is 17.6 Å². The molecule has 0 radical (unpaired) electrons. The fourth-order valence-electron chi connectivity index (χ4n) is 4.35. The molecular weight excluding hydrogens is 549 g/mol. The highest BCUT2D eigenvalue weighted by Crippen LogP contribution is 2.47. The van der Waals surface area contributed by atoms with E-state index in [1.807, 2.05) is 19.1 Å². The molecule has 1 N–H and O–H groups in total. The Hall–Kier alpha value is -4.29. The lowest BCUT2D eigenvalue weighted by Crippen LogP contribution is -2.43. The Morgan fingerprint density at radius 2 is 2.08 bits per heavy atom. The highest BCUT2D eigenvalue weighted by Gasteiger charge is 2.30. The summed E-state index contributed by atoms with van der Waals surface area (Å²) in [6.45, 7) is 1.98. The summed E-state index contributed by atoms with van der Waals surface area (Å²) in [7, 11) is 1.54. The summed E-state index contributed by atoms with van der Waals surface area (Å²) in [4.78, 5) is 30.3. The van der Waals surface area contributed by atoms with E-state index in [4.69, 9.17) is 30.8 Å². The number of halogens is 2.